The van der Waals surface area contributed by atoms with Crippen molar-refractivity contribution in [3.8, 4) is 5.75 Å². The molecule has 0 spiro atoms. The Labute approximate surface area is 125 Å². The van der Waals surface area contributed by atoms with Crippen LogP contribution in [0.15, 0.2) is 48.5 Å². The van der Waals surface area contributed by atoms with Crippen LogP contribution in [0.2, 0.25) is 0 Å². The lowest BCUT2D eigenvalue weighted by Gasteiger charge is -2.17. The average molecular weight is 283 g/mol. The molecule has 0 amide bonds. The first-order valence-electron chi connectivity index (χ1n) is 7.38. The molecule has 2 aromatic rings. The highest BCUT2D eigenvalue weighted by Gasteiger charge is 2.21. The van der Waals surface area contributed by atoms with Gasteiger partial charge in [-0.15, -0.1) is 0 Å². The van der Waals surface area contributed by atoms with Crippen molar-refractivity contribution in [3.05, 3.63) is 65.2 Å². The molecule has 0 aromatic heterocycles. The second kappa shape index (κ2) is 6.29. The van der Waals surface area contributed by atoms with E-state index in [0.29, 0.717) is 12.6 Å². The minimum absolute atomic E-state index is 0.419. The number of aliphatic hydroxyl groups is 1. The highest BCUT2D eigenvalue weighted by molar-refractivity contribution is 5.33. The van der Waals surface area contributed by atoms with E-state index in [9.17, 15) is 5.11 Å². The number of rotatable bonds is 5. The molecule has 0 saturated heterocycles. The molecule has 0 heterocycles. The Bertz CT molecular complexity index is 587. The third-order valence-electron chi connectivity index (χ3n) is 4.13. The SMILES string of the molecule is COc1cccc(C(O)CNC2Cc3ccccc3C2)c1. The number of nitrogens with one attached hydrogen (secondary N) is 1. The molecule has 2 aromatic carbocycles. The summed E-state index contributed by atoms with van der Waals surface area (Å²) in [5, 5.41) is 13.8. The zero-order valence-electron chi connectivity index (χ0n) is 12.3. The second-order valence-corrected chi connectivity index (χ2v) is 5.57. The Morgan fingerprint density at radius 2 is 1.86 bits per heavy atom. The first-order valence-corrected chi connectivity index (χ1v) is 7.38. The number of benzene rings is 2. The Morgan fingerprint density at radius 1 is 1.14 bits per heavy atom. The van der Waals surface area contributed by atoms with Crippen molar-refractivity contribution in [2.45, 2.75) is 25.0 Å². The fourth-order valence-electron chi connectivity index (χ4n) is 2.95. The minimum Gasteiger partial charge on any atom is -0.497 e. The molecule has 3 nitrogen and oxygen atoms in total. The molecule has 0 radical (unpaired) electrons. The number of hydrogen-bond donors (Lipinski definition) is 2. The third-order valence-corrected chi connectivity index (χ3v) is 4.13. The summed E-state index contributed by atoms with van der Waals surface area (Å²) in [6, 6.07) is 16.6. The van der Waals surface area contributed by atoms with Crippen LogP contribution in [0.3, 0.4) is 0 Å². The van der Waals surface area contributed by atoms with Crippen LogP contribution < -0.4 is 10.1 Å². The summed E-state index contributed by atoms with van der Waals surface area (Å²) in [4.78, 5) is 0. The summed E-state index contributed by atoms with van der Waals surface area (Å²) in [6.45, 7) is 0.561. The predicted octanol–water partition coefficient (Wildman–Crippen LogP) is 2.49. The molecule has 1 aliphatic rings. The van der Waals surface area contributed by atoms with Crippen LogP contribution in [0.1, 0.15) is 22.8 Å². The molecule has 3 heteroatoms. The van der Waals surface area contributed by atoms with Crippen molar-refractivity contribution < 1.29 is 9.84 Å². The maximum absolute atomic E-state index is 10.3. The third kappa shape index (κ3) is 3.26. The van der Waals surface area contributed by atoms with Gasteiger partial charge in [0.2, 0.25) is 0 Å². The molecular weight excluding hydrogens is 262 g/mol. The quantitative estimate of drug-likeness (QED) is 0.886. The summed E-state index contributed by atoms with van der Waals surface area (Å²) >= 11 is 0. The lowest BCUT2D eigenvalue weighted by Crippen LogP contribution is -2.33. The maximum Gasteiger partial charge on any atom is 0.119 e. The molecule has 0 fully saturated rings. The van der Waals surface area contributed by atoms with Gasteiger partial charge in [-0.05, 0) is 41.7 Å². The van der Waals surface area contributed by atoms with Gasteiger partial charge in [0.05, 0.1) is 13.2 Å². The van der Waals surface area contributed by atoms with Crippen molar-refractivity contribution in [2.24, 2.45) is 0 Å². The van der Waals surface area contributed by atoms with Crippen LogP contribution in [-0.4, -0.2) is 24.8 Å². The van der Waals surface area contributed by atoms with E-state index in [1.807, 2.05) is 24.3 Å². The van der Waals surface area contributed by atoms with Crippen molar-refractivity contribution in [1.82, 2.24) is 5.32 Å². The van der Waals surface area contributed by atoms with E-state index >= 15 is 0 Å². The summed E-state index contributed by atoms with van der Waals surface area (Å²) < 4.78 is 5.19. The van der Waals surface area contributed by atoms with Gasteiger partial charge in [-0.2, -0.15) is 0 Å². The van der Waals surface area contributed by atoms with Crippen LogP contribution in [-0.2, 0) is 12.8 Å². The van der Waals surface area contributed by atoms with E-state index in [-0.39, 0.29) is 0 Å². The molecule has 0 saturated carbocycles. The lowest BCUT2D eigenvalue weighted by molar-refractivity contribution is 0.170. The molecular formula is C18H21NO2. The number of ether oxygens (including phenoxy) is 1. The van der Waals surface area contributed by atoms with E-state index in [1.54, 1.807) is 7.11 Å². The van der Waals surface area contributed by atoms with Gasteiger partial charge in [0.1, 0.15) is 5.75 Å². The molecule has 0 aliphatic heterocycles. The van der Waals surface area contributed by atoms with Gasteiger partial charge in [-0.25, -0.2) is 0 Å². The van der Waals surface area contributed by atoms with E-state index in [2.05, 4.69) is 29.6 Å². The van der Waals surface area contributed by atoms with Gasteiger partial charge in [-0.3, -0.25) is 0 Å². The zero-order chi connectivity index (χ0) is 14.7. The fraction of sp³-hybridized carbons (Fsp3) is 0.333. The molecule has 2 N–H and O–H groups in total. The second-order valence-electron chi connectivity index (χ2n) is 5.57. The van der Waals surface area contributed by atoms with Gasteiger partial charge >= 0.3 is 0 Å². The number of methoxy groups -OCH3 is 1. The predicted molar refractivity (Wildman–Crippen MR) is 83.6 cm³/mol. The Hall–Kier alpha value is -1.84. The zero-order valence-corrected chi connectivity index (χ0v) is 12.3. The molecule has 1 atom stereocenters. The van der Waals surface area contributed by atoms with Gasteiger partial charge in [0.15, 0.2) is 0 Å². The van der Waals surface area contributed by atoms with Crippen LogP contribution in [0, 0.1) is 0 Å². The standard InChI is InChI=1S/C18H21NO2/c1-21-17-8-4-7-15(11-17)18(20)12-19-16-9-13-5-2-3-6-14(13)10-16/h2-8,11,16,18-20H,9-10,12H2,1H3. The van der Waals surface area contributed by atoms with Crippen molar-refractivity contribution >= 4 is 0 Å². The van der Waals surface area contributed by atoms with Crippen LogP contribution in [0.5, 0.6) is 5.75 Å². The van der Waals surface area contributed by atoms with E-state index in [0.717, 1.165) is 24.2 Å². The molecule has 3 rings (SSSR count). The largest absolute Gasteiger partial charge is 0.497 e. The van der Waals surface area contributed by atoms with Crippen LogP contribution in [0.4, 0.5) is 0 Å². The van der Waals surface area contributed by atoms with Crippen molar-refractivity contribution in [1.29, 1.82) is 0 Å². The summed E-state index contributed by atoms with van der Waals surface area (Å²) in [6.07, 6.45) is 1.57. The first-order chi connectivity index (χ1) is 10.3. The minimum atomic E-state index is -0.510. The topological polar surface area (TPSA) is 41.5 Å². The smallest absolute Gasteiger partial charge is 0.119 e. The summed E-state index contributed by atoms with van der Waals surface area (Å²) in [7, 11) is 1.64. The molecule has 1 aliphatic carbocycles. The van der Waals surface area contributed by atoms with E-state index in [4.69, 9.17) is 4.74 Å². The van der Waals surface area contributed by atoms with Crippen molar-refractivity contribution in [2.75, 3.05) is 13.7 Å². The Morgan fingerprint density at radius 3 is 2.52 bits per heavy atom. The van der Waals surface area contributed by atoms with E-state index in [1.165, 1.54) is 11.1 Å². The van der Waals surface area contributed by atoms with Crippen LogP contribution in [0.25, 0.3) is 0 Å². The summed E-state index contributed by atoms with van der Waals surface area (Å²) in [5.41, 5.74) is 3.73. The number of hydrogen-bond acceptors (Lipinski definition) is 3. The van der Waals surface area contributed by atoms with Gasteiger partial charge in [-0.1, -0.05) is 36.4 Å². The van der Waals surface area contributed by atoms with Crippen LogP contribution >= 0.6 is 0 Å². The van der Waals surface area contributed by atoms with Gasteiger partial charge < -0.3 is 15.2 Å². The Kier molecular flexibility index (Phi) is 4.23. The summed E-state index contributed by atoms with van der Waals surface area (Å²) in [5.74, 6) is 0.778. The van der Waals surface area contributed by atoms with Gasteiger partial charge in [0.25, 0.3) is 0 Å². The highest BCUT2D eigenvalue weighted by atomic mass is 16.5. The highest BCUT2D eigenvalue weighted by Crippen LogP contribution is 2.23. The monoisotopic (exact) mass is 283 g/mol. The maximum atomic E-state index is 10.3. The van der Waals surface area contributed by atoms with E-state index < -0.39 is 6.10 Å². The normalized spacial score (nSPS) is 15.7. The molecule has 0 bridgehead atoms. The molecule has 110 valence electrons. The molecule has 1 unspecified atom stereocenters. The van der Waals surface area contributed by atoms with Gasteiger partial charge in [0, 0.05) is 12.6 Å². The first kappa shape index (κ1) is 14.1. The van der Waals surface area contributed by atoms with Crippen molar-refractivity contribution in [3.63, 3.8) is 0 Å². The Balaban J connectivity index is 1.56. The average Bonchev–Trinajstić information content (AvgIpc) is 2.95. The molecule has 21 heavy (non-hydrogen) atoms. The number of aliphatic hydroxyl groups excluding tert-OH is 1. The fourth-order valence-corrected chi connectivity index (χ4v) is 2.95. The lowest BCUT2D eigenvalue weighted by atomic mass is 10.1. The number of fused-ring (bicyclic) bond motifs is 1.